The summed E-state index contributed by atoms with van der Waals surface area (Å²) in [6, 6.07) is 0. The monoisotopic (exact) mass is 364 g/mol. The van der Waals surface area contributed by atoms with Crippen LogP contribution in [0.4, 0.5) is 0 Å². The zero-order chi connectivity index (χ0) is 17.4. The molecular formula is C23H25ClSi. The molecule has 25 heavy (non-hydrogen) atoms. The van der Waals surface area contributed by atoms with Gasteiger partial charge >= 0.3 is 0 Å². The molecule has 0 aliphatic heterocycles. The number of halogens is 1. The zero-order valence-corrected chi connectivity index (χ0v) is 16.8. The van der Waals surface area contributed by atoms with Crippen LogP contribution in [0.3, 0.4) is 0 Å². The highest BCUT2D eigenvalue weighted by Gasteiger charge is 2.40. The summed E-state index contributed by atoms with van der Waals surface area (Å²) in [6.45, 7) is 7.71. The van der Waals surface area contributed by atoms with Crippen molar-refractivity contribution in [2.75, 3.05) is 0 Å². The van der Waals surface area contributed by atoms with Gasteiger partial charge in [-0.3, -0.25) is 0 Å². The van der Waals surface area contributed by atoms with Crippen LogP contribution in [0, 0.1) is 35.5 Å². The van der Waals surface area contributed by atoms with Crippen molar-refractivity contribution < 1.29 is 0 Å². The highest BCUT2D eigenvalue weighted by atomic mass is 35.6. The van der Waals surface area contributed by atoms with E-state index in [1.54, 1.807) is 0 Å². The zero-order valence-electron chi connectivity index (χ0n) is 14.6. The molecule has 0 radical (unpaired) electrons. The van der Waals surface area contributed by atoms with Crippen molar-refractivity contribution >= 4 is 19.9 Å². The molecule has 4 bridgehead atoms. The van der Waals surface area contributed by atoms with Gasteiger partial charge in [-0.05, 0) is 54.1 Å². The van der Waals surface area contributed by atoms with E-state index in [1.807, 2.05) is 0 Å². The van der Waals surface area contributed by atoms with E-state index in [4.69, 9.17) is 11.1 Å². The molecule has 0 N–H and O–H groups in total. The minimum Gasteiger partial charge on any atom is -0.170 e. The Morgan fingerprint density at radius 1 is 1.04 bits per heavy atom. The van der Waals surface area contributed by atoms with Gasteiger partial charge in [0.1, 0.15) is 0 Å². The van der Waals surface area contributed by atoms with E-state index < -0.39 is 8.83 Å². The molecule has 4 rings (SSSR count). The second-order valence-electron chi connectivity index (χ2n) is 7.71. The Morgan fingerprint density at radius 2 is 1.64 bits per heavy atom. The molecule has 0 saturated heterocycles. The molecule has 6 atom stereocenters. The maximum absolute atomic E-state index is 6.39. The minimum absolute atomic E-state index is 0.522. The molecule has 6 unspecified atom stereocenters. The van der Waals surface area contributed by atoms with Gasteiger partial charge in [-0.1, -0.05) is 60.9 Å². The Bertz CT molecular complexity index is 783. The maximum atomic E-state index is 6.39. The van der Waals surface area contributed by atoms with E-state index >= 15 is 0 Å². The van der Waals surface area contributed by atoms with E-state index in [1.165, 1.54) is 16.3 Å². The van der Waals surface area contributed by atoms with Crippen molar-refractivity contribution in [2.45, 2.75) is 19.3 Å². The molecule has 2 fully saturated rings. The highest BCUT2D eigenvalue weighted by molar-refractivity contribution is 6.97. The average Bonchev–Trinajstić information content (AvgIpc) is 3.39. The quantitative estimate of drug-likeness (QED) is 0.272. The Balaban J connectivity index is 1.42. The first-order valence-corrected chi connectivity index (χ1v) is 12.2. The largest absolute Gasteiger partial charge is 0.170 e. The molecule has 0 aromatic heterocycles. The summed E-state index contributed by atoms with van der Waals surface area (Å²) in [4.78, 5) is 0. The van der Waals surface area contributed by atoms with Gasteiger partial charge < -0.3 is 0 Å². The summed E-state index contributed by atoms with van der Waals surface area (Å²) in [6.07, 6.45) is 20.0. The molecule has 128 valence electrons. The van der Waals surface area contributed by atoms with E-state index in [0.717, 1.165) is 19.3 Å². The van der Waals surface area contributed by atoms with Crippen LogP contribution in [0.2, 0.25) is 0 Å². The van der Waals surface area contributed by atoms with Crippen molar-refractivity contribution in [3.63, 3.8) is 0 Å². The fraction of sp³-hybridized carbons (Fsp3) is 0.391. The number of allylic oxidation sites excluding steroid dienone is 10. The molecule has 2 saturated carbocycles. The van der Waals surface area contributed by atoms with Crippen LogP contribution in [0.1, 0.15) is 19.3 Å². The van der Waals surface area contributed by atoms with Crippen LogP contribution in [0.15, 0.2) is 83.5 Å². The fourth-order valence-electron chi connectivity index (χ4n) is 5.14. The summed E-state index contributed by atoms with van der Waals surface area (Å²) in [7, 11) is -0.648. The van der Waals surface area contributed by atoms with Gasteiger partial charge in [0.15, 0.2) is 8.83 Å². The van der Waals surface area contributed by atoms with Crippen molar-refractivity contribution in [1.82, 2.24) is 0 Å². The number of hydrogen-bond acceptors (Lipinski definition) is 0. The summed E-state index contributed by atoms with van der Waals surface area (Å²) < 4.78 is 0. The standard InChI is InChI=1S/C23H25ClSi/c1-3-15-12-17-8-10-21(15)20(17)7-5-6-19(25-24)14-23-18-9-11-22(23)16(4-2)13-18/h5,7-11,14,17-18,20-23H,1-2,6,12-13,25H2. The lowest BCUT2D eigenvalue weighted by molar-refractivity contribution is 0.536. The first-order chi connectivity index (χ1) is 12.2. The van der Waals surface area contributed by atoms with Gasteiger partial charge in [0, 0.05) is 11.8 Å². The predicted molar refractivity (Wildman–Crippen MR) is 110 cm³/mol. The van der Waals surface area contributed by atoms with Gasteiger partial charge in [-0.25, -0.2) is 0 Å². The van der Waals surface area contributed by atoms with E-state index in [9.17, 15) is 0 Å². The van der Waals surface area contributed by atoms with Crippen molar-refractivity contribution in [1.29, 1.82) is 0 Å². The third-order valence-electron chi connectivity index (χ3n) is 6.46. The Labute approximate surface area is 158 Å². The van der Waals surface area contributed by atoms with Crippen LogP contribution >= 0.6 is 11.1 Å². The van der Waals surface area contributed by atoms with Crippen molar-refractivity contribution in [3.8, 4) is 0 Å². The predicted octanol–water partition coefficient (Wildman–Crippen LogP) is 5.21. The molecule has 0 aromatic rings. The lowest BCUT2D eigenvalue weighted by atomic mass is 9.93. The van der Waals surface area contributed by atoms with E-state index in [0.29, 0.717) is 35.5 Å². The summed E-state index contributed by atoms with van der Waals surface area (Å²) in [5, 5.41) is 1.48. The minimum atomic E-state index is -0.648. The molecule has 4 aliphatic rings. The molecule has 2 heteroatoms. The van der Waals surface area contributed by atoms with Crippen LogP contribution in [-0.4, -0.2) is 8.83 Å². The van der Waals surface area contributed by atoms with Crippen LogP contribution < -0.4 is 0 Å². The number of rotatable bonds is 5. The van der Waals surface area contributed by atoms with E-state index in [2.05, 4.69) is 67.2 Å². The number of hydrogen-bond donors (Lipinski definition) is 0. The molecule has 4 aliphatic carbocycles. The molecular weight excluding hydrogens is 340 g/mol. The summed E-state index contributed by atoms with van der Waals surface area (Å²) in [5.41, 5.74) is 9.08. The van der Waals surface area contributed by atoms with Crippen molar-refractivity contribution in [3.05, 3.63) is 83.5 Å². The highest BCUT2D eigenvalue weighted by Crippen LogP contribution is 2.49. The second kappa shape index (κ2) is 7.02. The SMILES string of the molecule is C=C=C1CC2C=CC1C2C=CCC(=CC1C2C=CC1C(=C=C)C2)[SiH2]Cl. The molecule has 0 aromatic carbocycles. The van der Waals surface area contributed by atoms with Gasteiger partial charge in [-0.15, -0.1) is 11.5 Å². The molecule has 0 nitrogen and oxygen atoms in total. The molecule has 0 heterocycles. The third kappa shape index (κ3) is 2.96. The first kappa shape index (κ1) is 16.9. The van der Waals surface area contributed by atoms with Crippen LogP contribution in [-0.2, 0) is 0 Å². The Kier molecular flexibility index (Phi) is 4.76. The van der Waals surface area contributed by atoms with Gasteiger partial charge in [-0.2, -0.15) is 11.1 Å². The molecule has 0 spiro atoms. The lowest BCUT2D eigenvalue weighted by Gasteiger charge is -2.13. The van der Waals surface area contributed by atoms with Crippen molar-refractivity contribution in [2.24, 2.45) is 35.5 Å². The van der Waals surface area contributed by atoms with Gasteiger partial charge in [0.25, 0.3) is 0 Å². The molecule has 0 amide bonds. The summed E-state index contributed by atoms with van der Waals surface area (Å²) >= 11 is 6.39. The Hall–Kier alpha value is -1.49. The van der Waals surface area contributed by atoms with E-state index in [-0.39, 0.29) is 0 Å². The third-order valence-corrected chi connectivity index (χ3v) is 8.36. The lowest BCUT2D eigenvalue weighted by Crippen LogP contribution is -2.06. The topological polar surface area (TPSA) is 0 Å². The maximum Gasteiger partial charge on any atom is 0.151 e. The number of fused-ring (bicyclic) bond motifs is 4. The Morgan fingerprint density at radius 3 is 2.20 bits per heavy atom. The smallest absolute Gasteiger partial charge is 0.151 e. The second-order valence-corrected chi connectivity index (χ2v) is 9.68. The van der Waals surface area contributed by atoms with Gasteiger partial charge in [0.2, 0.25) is 0 Å². The average molecular weight is 365 g/mol. The van der Waals surface area contributed by atoms with Crippen LogP contribution in [0.25, 0.3) is 0 Å². The fourth-order valence-corrected chi connectivity index (χ4v) is 6.37. The summed E-state index contributed by atoms with van der Waals surface area (Å²) in [5.74, 6) is 3.56. The van der Waals surface area contributed by atoms with Crippen LogP contribution in [0.5, 0.6) is 0 Å². The van der Waals surface area contributed by atoms with Gasteiger partial charge in [0.05, 0.1) is 0 Å². The first-order valence-electron chi connectivity index (χ1n) is 9.31. The normalized spacial score (nSPS) is 38.7.